The standard InChI is InChI=1S/C15H15F12N3O4/c1-5(28-11(14(22,23)24,15(25,26)27)30-7(3)32)8(9(33)34-4)10(12(16,17)18,13(19,20)21)29-6(2)31/h8H,1-4H3,(H,29,31)(H,30,32)/b28-5+. The molecule has 19 heteroatoms. The monoisotopic (exact) mass is 529 g/mol. The molecule has 0 fully saturated rings. The molecule has 1 atom stereocenters. The number of amides is 2. The Bertz CT molecular complexity index is 798. The van der Waals surface area contributed by atoms with Crippen molar-refractivity contribution in [3.63, 3.8) is 0 Å². The zero-order valence-corrected chi connectivity index (χ0v) is 17.2. The van der Waals surface area contributed by atoms with E-state index in [9.17, 15) is 67.1 Å². The normalized spacial score (nSPS) is 15.5. The van der Waals surface area contributed by atoms with Crippen LogP contribution < -0.4 is 10.6 Å². The zero-order valence-electron chi connectivity index (χ0n) is 17.2. The lowest BCUT2D eigenvalue weighted by Gasteiger charge is -2.42. The van der Waals surface area contributed by atoms with Gasteiger partial charge in [0, 0.05) is 19.6 Å². The summed E-state index contributed by atoms with van der Waals surface area (Å²) in [5.41, 5.74) is -14.0. The van der Waals surface area contributed by atoms with E-state index in [2.05, 4.69) is 4.74 Å². The van der Waals surface area contributed by atoms with E-state index in [1.54, 1.807) is 0 Å². The van der Waals surface area contributed by atoms with E-state index in [4.69, 9.17) is 0 Å². The van der Waals surface area contributed by atoms with Crippen LogP contribution in [0.5, 0.6) is 0 Å². The molecule has 0 aromatic carbocycles. The molecule has 0 heterocycles. The maximum absolute atomic E-state index is 13.7. The van der Waals surface area contributed by atoms with Gasteiger partial charge in [-0.2, -0.15) is 52.7 Å². The summed E-state index contributed by atoms with van der Waals surface area (Å²) in [5.74, 6) is -11.0. The molecule has 0 saturated carbocycles. The Labute approximate surface area is 181 Å². The topological polar surface area (TPSA) is 96.9 Å². The van der Waals surface area contributed by atoms with Gasteiger partial charge in [-0.05, 0) is 6.92 Å². The first-order chi connectivity index (χ1) is 14.8. The second kappa shape index (κ2) is 9.47. The molecule has 0 aliphatic carbocycles. The molecule has 7 nitrogen and oxygen atoms in total. The average Bonchev–Trinajstić information content (AvgIpc) is 2.55. The lowest BCUT2D eigenvalue weighted by molar-refractivity contribution is -0.314. The van der Waals surface area contributed by atoms with E-state index >= 15 is 0 Å². The Hall–Kier alpha value is -2.76. The number of rotatable bonds is 6. The van der Waals surface area contributed by atoms with Gasteiger partial charge in [-0.3, -0.25) is 14.4 Å². The summed E-state index contributed by atoms with van der Waals surface area (Å²) in [5, 5.41) is 0.660. The van der Waals surface area contributed by atoms with Crippen molar-refractivity contribution in [3.05, 3.63) is 0 Å². The molecule has 0 aromatic rings. The summed E-state index contributed by atoms with van der Waals surface area (Å²) in [4.78, 5) is 36.2. The Morgan fingerprint density at radius 2 is 1.03 bits per heavy atom. The third kappa shape index (κ3) is 5.65. The first-order valence-corrected chi connectivity index (χ1v) is 8.31. The summed E-state index contributed by atoms with van der Waals surface area (Å²) in [6.07, 6.45) is -26.9. The second-order valence-corrected chi connectivity index (χ2v) is 6.58. The van der Waals surface area contributed by atoms with Gasteiger partial charge in [-0.1, -0.05) is 0 Å². The number of nitrogens with one attached hydrogen (secondary N) is 2. The Morgan fingerprint density at radius 1 is 0.676 bits per heavy atom. The highest BCUT2D eigenvalue weighted by Crippen LogP contribution is 2.50. The molecular weight excluding hydrogens is 514 g/mol. The molecule has 2 amide bonds. The molecule has 198 valence electrons. The van der Waals surface area contributed by atoms with Crippen LogP contribution in [-0.4, -0.2) is 66.5 Å². The highest BCUT2D eigenvalue weighted by molar-refractivity contribution is 6.03. The van der Waals surface area contributed by atoms with Crippen LogP contribution in [0.15, 0.2) is 4.99 Å². The van der Waals surface area contributed by atoms with Crippen LogP contribution in [0.1, 0.15) is 20.8 Å². The number of ether oxygens (including phenoxy) is 1. The molecule has 0 aliphatic rings. The van der Waals surface area contributed by atoms with E-state index in [1.165, 1.54) is 0 Å². The van der Waals surface area contributed by atoms with Gasteiger partial charge in [0.1, 0.15) is 5.92 Å². The van der Waals surface area contributed by atoms with Crippen molar-refractivity contribution in [2.24, 2.45) is 10.9 Å². The first kappa shape index (κ1) is 31.2. The molecular formula is C15H15F12N3O4. The minimum Gasteiger partial charge on any atom is -0.468 e. The maximum Gasteiger partial charge on any atom is 0.441 e. The largest absolute Gasteiger partial charge is 0.468 e. The quantitative estimate of drug-likeness (QED) is 0.314. The van der Waals surface area contributed by atoms with E-state index < -0.39 is 65.3 Å². The van der Waals surface area contributed by atoms with Crippen LogP contribution in [0.2, 0.25) is 0 Å². The number of carbonyl (C=O) groups is 3. The van der Waals surface area contributed by atoms with Crippen molar-refractivity contribution in [2.45, 2.75) is 56.7 Å². The third-order valence-corrected chi connectivity index (χ3v) is 4.08. The van der Waals surface area contributed by atoms with Crippen LogP contribution in [0, 0.1) is 5.92 Å². The van der Waals surface area contributed by atoms with Gasteiger partial charge in [0.05, 0.1) is 7.11 Å². The predicted molar refractivity (Wildman–Crippen MR) is 85.9 cm³/mol. The SMILES string of the molecule is COC(=O)C(/C(C)=N/C(NC(C)=O)(C(F)(F)F)C(F)(F)F)C(NC(C)=O)(C(F)(F)F)C(F)(F)F. The minimum absolute atomic E-state index is 0.0973. The highest BCUT2D eigenvalue weighted by Gasteiger charge is 2.78. The van der Waals surface area contributed by atoms with Gasteiger partial charge < -0.3 is 15.4 Å². The van der Waals surface area contributed by atoms with Crippen molar-refractivity contribution in [2.75, 3.05) is 7.11 Å². The number of aliphatic imine (C=N–C) groups is 1. The van der Waals surface area contributed by atoms with Crippen molar-refractivity contribution >= 4 is 23.5 Å². The van der Waals surface area contributed by atoms with E-state index in [1.807, 2.05) is 4.99 Å². The van der Waals surface area contributed by atoms with Gasteiger partial charge in [-0.15, -0.1) is 0 Å². The number of halogens is 12. The molecule has 34 heavy (non-hydrogen) atoms. The summed E-state index contributed by atoms with van der Waals surface area (Å²) < 4.78 is 167. The highest BCUT2D eigenvalue weighted by atomic mass is 19.4. The summed E-state index contributed by atoms with van der Waals surface area (Å²) >= 11 is 0. The maximum atomic E-state index is 13.7. The number of alkyl halides is 12. The van der Waals surface area contributed by atoms with Crippen molar-refractivity contribution in [1.29, 1.82) is 0 Å². The fraction of sp³-hybridized carbons (Fsp3) is 0.733. The second-order valence-electron chi connectivity index (χ2n) is 6.58. The Balaban J connectivity index is 7.79. The van der Waals surface area contributed by atoms with Crippen LogP contribution in [0.4, 0.5) is 52.7 Å². The van der Waals surface area contributed by atoms with Crippen molar-refractivity contribution < 1.29 is 71.8 Å². The van der Waals surface area contributed by atoms with Gasteiger partial charge in [0.25, 0.3) is 5.54 Å². The number of nitrogens with zero attached hydrogens (tertiary/aromatic N) is 1. The van der Waals surface area contributed by atoms with Gasteiger partial charge >= 0.3 is 36.3 Å². The number of carbonyl (C=O) groups excluding carboxylic acids is 3. The lowest BCUT2D eigenvalue weighted by Crippen LogP contribution is -2.74. The molecule has 1 unspecified atom stereocenters. The molecule has 0 spiro atoms. The van der Waals surface area contributed by atoms with Crippen molar-refractivity contribution in [1.82, 2.24) is 10.6 Å². The molecule has 0 saturated heterocycles. The fourth-order valence-corrected chi connectivity index (χ4v) is 2.80. The van der Waals surface area contributed by atoms with Crippen LogP contribution in [0.25, 0.3) is 0 Å². The van der Waals surface area contributed by atoms with Gasteiger partial charge in [0.2, 0.25) is 11.8 Å². The lowest BCUT2D eigenvalue weighted by atomic mass is 9.78. The predicted octanol–water partition coefficient (Wildman–Crippen LogP) is 3.19. The minimum atomic E-state index is -6.75. The van der Waals surface area contributed by atoms with E-state index in [0.717, 1.165) is 0 Å². The smallest absolute Gasteiger partial charge is 0.441 e. The van der Waals surface area contributed by atoms with Crippen molar-refractivity contribution in [3.8, 4) is 0 Å². The number of esters is 1. The molecule has 0 radical (unpaired) electrons. The van der Waals surface area contributed by atoms with Crippen LogP contribution in [-0.2, 0) is 19.1 Å². The fourth-order valence-electron chi connectivity index (χ4n) is 2.80. The molecule has 0 aromatic heterocycles. The van der Waals surface area contributed by atoms with Crippen LogP contribution >= 0.6 is 0 Å². The Kier molecular flexibility index (Phi) is 8.70. The molecule has 0 rings (SSSR count). The summed E-state index contributed by atoms with van der Waals surface area (Å²) in [6, 6.07) is 0. The van der Waals surface area contributed by atoms with Gasteiger partial charge in [0.15, 0.2) is 0 Å². The number of hydrogen-bond donors (Lipinski definition) is 2. The van der Waals surface area contributed by atoms with Crippen LogP contribution in [0.3, 0.4) is 0 Å². The zero-order chi connectivity index (χ0) is 27.7. The van der Waals surface area contributed by atoms with Gasteiger partial charge in [-0.25, -0.2) is 4.99 Å². The Morgan fingerprint density at radius 3 is 1.26 bits per heavy atom. The summed E-state index contributed by atoms with van der Waals surface area (Å²) in [6.45, 7) is 0.00561. The average molecular weight is 529 g/mol. The molecule has 0 bridgehead atoms. The third-order valence-electron chi connectivity index (χ3n) is 4.08. The number of hydrogen-bond acceptors (Lipinski definition) is 5. The summed E-state index contributed by atoms with van der Waals surface area (Å²) in [7, 11) is 0.169. The van der Waals surface area contributed by atoms with E-state index in [0.29, 0.717) is 10.6 Å². The molecule has 0 aliphatic heterocycles. The van der Waals surface area contributed by atoms with E-state index in [-0.39, 0.29) is 27.9 Å². The molecule has 2 N–H and O–H groups in total. The first-order valence-electron chi connectivity index (χ1n) is 8.31. The number of methoxy groups -OCH3 is 1.